The number of benzene rings is 2. The largest absolute Gasteiger partial charge is 0.494 e. The first-order valence-electron chi connectivity index (χ1n) is 10.6. The highest BCUT2D eigenvalue weighted by molar-refractivity contribution is 5.71. The van der Waals surface area contributed by atoms with Crippen LogP contribution in [-0.2, 0) is 17.6 Å². The molecule has 2 aromatic carbocycles. The molecule has 6 nitrogen and oxygen atoms in total. The van der Waals surface area contributed by atoms with Crippen LogP contribution in [0.25, 0.3) is 6.08 Å². The van der Waals surface area contributed by atoms with Gasteiger partial charge in [0.05, 0.1) is 18.1 Å². The minimum Gasteiger partial charge on any atom is -0.494 e. The van der Waals surface area contributed by atoms with E-state index in [2.05, 4.69) is 0 Å². The van der Waals surface area contributed by atoms with Crippen molar-refractivity contribution >= 4 is 12.0 Å². The molecule has 2 aliphatic rings. The summed E-state index contributed by atoms with van der Waals surface area (Å²) in [5.74, 6) is 0.0710. The molecule has 0 radical (unpaired) electrons. The van der Waals surface area contributed by atoms with Gasteiger partial charge >= 0.3 is 12.1 Å². The lowest BCUT2D eigenvalue weighted by Crippen LogP contribution is -2.51. The molecule has 0 saturated carbocycles. The molecular weight excluding hydrogens is 439 g/mol. The van der Waals surface area contributed by atoms with Gasteiger partial charge in [-0.25, -0.2) is 0 Å². The number of halogens is 3. The van der Waals surface area contributed by atoms with Crippen LogP contribution >= 0.6 is 0 Å². The Balaban J connectivity index is 1.41. The van der Waals surface area contributed by atoms with Crippen LogP contribution in [0, 0.1) is 5.92 Å². The third-order valence-electron chi connectivity index (χ3n) is 5.58. The number of hydrogen-bond donors (Lipinski definition) is 1. The van der Waals surface area contributed by atoms with Crippen LogP contribution in [0.5, 0.6) is 17.2 Å². The SMILES string of the molecule is CCOc1ccc(COc2ccc3c(c2)OCC(CN2CC(C(=O)O)C2)=C3)c(C(F)(F)F)c1. The summed E-state index contributed by atoms with van der Waals surface area (Å²) in [6, 6.07) is 8.99. The van der Waals surface area contributed by atoms with E-state index in [-0.39, 0.29) is 30.4 Å². The molecule has 0 spiro atoms. The third-order valence-corrected chi connectivity index (χ3v) is 5.58. The van der Waals surface area contributed by atoms with Crippen molar-refractivity contribution in [1.82, 2.24) is 4.90 Å². The van der Waals surface area contributed by atoms with Gasteiger partial charge in [-0.3, -0.25) is 9.69 Å². The first kappa shape index (κ1) is 23.0. The molecule has 2 aliphatic heterocycles. The molecule has 0 aliphatic carbocycles. The lowest BCUT2D eigenvalue weighted by Gasteiger charge is -2.37. The maximum atomic E-state index is 13.5. The van der Waals surface area contributed by atoms with Crippen molar-refractivity contribution in [3.05, 3.63) is 58.7 Å². The Morgan fingerprint density at radius 3 is 2.58 bits per heavy atom. The first-order chi connectivity index (χ1) is 15.7. The molecule has 33 heavy (non-hydrogen) atoms. The summed E-state index contributed by atoms with van der Waals surface area (Å²) in [6.07, 6.45) is -2.53. The molecule has 1 N–H and O–H groups in total. The van der Waals surface area contributed by atoms with E-state index in [0.717, 1.165) is 17.2 Å². The van der Waals surface area contributed by atoms with Gasteiger partial charge in [-0.2, -0.15) is 13.2 Å². The lowest BCUT2D eigenvalue weighted by molar-refractivity contribution is -0.147. The molecule has 2 heterocycles. The fourth-order valence-corrected chi connectivity index (χ4v) is 3.88. The van der Waals surface area contributed by atoms with Crippen molar-refractivity contribution in [3.8, 4) is 17.2 Å². The van der Waals surface area contributed by atoms with E-state index >= 15 is 0 Å². The standard InChI is InChI=1S/C24H24F3NO5/c1-2-31-19-6-4-17(21(8-19)24(25,26)27)14-32-20-5-3-16-7-15(13-33-22(16)9-20)10-28-11-18(12-28)23(29)30/h3-9,18H,2,10-14H2,1H3,(H,29,30). The summed E-state index contributed by atoms with van der Waals surface area (Å²) >= 11 is 0. The summed E-state index contributed by atoms with van der Waals surface area (Å²) in [5.41, 5.74) is 1.10. The van der Waals surface area contributed by atoms with Gasteiger partial charge in [-0.05, 0) is 42.8 Å². The van der Waals surface area contributed by atoms with Crippen molar-refractivity contribution in [2.75, 3.05) is 32.8 Å². The molecule has 0 amide bonds. The van der Waals surface area contributed by atoms with Crippen molar-refractivity contribution in [3.63, 3.8) is 0 Å². The minimum atomic E-state index is -4.52. The van der Waals surface area contributed by atoms with Crippen molar-refractivity contribution in [2.45, 2.75) is 19.7 Å². The van der Waals surface area contributed by atoms with E-state index in [4.69, 9.17) is 19.3 Å². The second-order valence-electron chi connectivity index (χ2n) is 8.06. The van der Waals surface area contributed by atoms with Gasteiger partial charge in [-0.1, -0.05) is 6.07 Å². The van der Waals surface area contributed by atoms with Gasteiger partial charge < -0.3 is 19.3 Å². The van der Waals surface area contributed by atoms with E-state index in [0.29, 0.717) is 37.7 Å². The molecule has 9 heteroatoms. The van der Waals surface area contributed by atoms with Crippen LogP contribution in [0.2, 0.25) is 0 Å². The Labute approximate surface area is 189 Å². The highest BCUT2D eigenvalue weighted by Gasteiger charge is 2.34. The smallest absolute Gasteiger partial charge is 0.416 e. The number of alkyl halides is 3. The van der Waals surface area contributed by atoms with Gasteiger partial charge in [0.25, 0.3) is 0 Å². The van der Waals surface area contributed by atoms with Crippen molar-refractivity contribution in [2.24, 2.45) is 5.92 Å². The predicted molar refractivity (Wildman–Crippen MR) is 114 cm³/mol. The van der Waals surface area contributed by atoms with E-state index in [1.165, 1.54) is 12.1 Å². The van der Waals surface area contributed by atoms with Crippen LogP contribution in [0.15, 0.2) is 42.0 Å². The molecule has 1 fully saturated rings. The second-order valence-corrected chi connectivity index (χ2v) is 8.06. The van der Waals surface area contributed by atoms with E-state index in [1.54, 1.807) is 25.1 Å². The van der Waals surface area contributed by atoms with Gasteiger partial charge in [0.15, 0.2) is 0 Å². The number of aliphatic carboxylic acids is 1. The number of nitrogens with zero attached hydrogens (tertiary/aromatic N) is 1. The lowest BCUT2D eigenvalue weighted by atomic mass is 9.98. The summed E-state index contributed by atoms with van der Waals surface area (Å²) in [6.45, 7) is 3.79. The Morgan fingerprint density at radius 1 is 1.15 bits per heavy atom. The maximum Gasteiger partial charge on any atom is 0.416 e. The molecule has 0 unspecified atom stereocenters. The van der Waals surface area contributed by atoms with Crippen LogP contribution < -0.4 is 14.2 Å². The van der Waals surface area contributed by atoms with Gasteiger partial charge in [0.1, 0.15) is 30.5 Å². The van der Waals surface area contributed by atoms with E-state index in [1.807, 2.05) is 11.0 Å². The highest BCUT2D eigenvalue weighted by Crippen LogP contribution is 2.36. The average Bonchev–Trinajstić information content (AvgIpc) is 2.74. The Kier molecular flexibility index (Phi) is 6.51. The zero-order chi connectivity index (χ0) is 23.6. The number of fused-ring (bicyclic) bond motifs is 1. The Bertz CT molecular complexity index is 1060. The summed E-state index contributed by atoms with van der Waals surface area (Å²) in [5, 5.41) is 8.98. The monoisotopic (exact) mass is 463 g/mol. The van der Waals surface area contributed by atoms with Crippen molar-refractivity contribution in [1.29, 1.82) is 0 Å². The number of carboxylic acid groups (broad SMARTS) is 1. The van der Waals surface area contributed by atoms with Crippen LogP contribution in [0.1, 0.15) is 23.6 Å². The number of hydrogen-bond acceptors (Lipinski definition) is 5. The fourth-order valence-electron chi connectivity index (χ4n) is 3.88. The molecule has 0 bridgehead atoms. The summed E-state index contributed by atoms with van der Waals surface area (Å²) in [7, 11) is 0. The average molecular weight is 463 g/mol. The van der Waals surface area contributed by atoms with E-state index in [9.17, 15) is 18.0 Å². The number of likely N-dealkylation sites (tertiary alicyclic amines) is 1. The Hall–Kier alpha value is -3.20. The summed E-state index contributed by atoms with van der Waals surface area (Å²) in [4.78, 5) is 13.0. The van der Waals surface area contributed by atoms with E-state index < -0.39 is 17.7 Å². The topological polar surface area (TPSA) is 68.2 Å². The zero-order valence-corrected chi connectivity index (χ0v) is 18.0. The number of rotatable bonds is 8. The van der Waals surface area contributed by atoms with Crippen LogP contribution in [-0.4, -0.2) is 48.8 Å². The molecule has 0 aromatic heterocycles. The van der Waals surface area contributed by atoms with Gasteiger partial charge in [0.2, 0.25) is 0 Å². The number of ether oxygens (including phenoxy) is 3. The first-order valence-corrected chi connectivity index (χ1v) is 10.6. The molecule has 1 saturated heterocycles. The number of carbonyl (C=O) groups is 1. The normalized spacial score (nSPS) is 16.3. The Morgan fingerprint density at radius 2 is 1.88 bits per heavy atom. The van der Waals surface area contributed by atoms with Crippen molar-refractivity contribution < 1.29 is 37.3 Å². The molecule has 176 valence electrons. The molecule has 2 aromatic rings. The maximum absolute atomic E-state index is 13.5. The predicted octanol–water partition coefficient (Wildman–Crippen LogP) is 4.48. The van der Waals surface area contributed by atoms with Crippen LogP contribution in [0.3, 0.4) is 0 Å². The number of carboxylic acids is 1. The minimum absolute atomic E-state index is 0.0148. The molecule has 4 rings (SSSR count). The van der Waals surface area contributed by atoms with Gasteiger partial charge in [-0.15, -0.1) is 0 Å². The quantitative estimate of drug-likeness (QED) is 0.623. The zero-order valence-electron chi connectivity index (χ0n) is 18.0. The highest BCUT2D eigenvalue weighted by atomic mass is 19.4. The second kappa shape index (κ2) is 9.35. The molecule has 0 atom stereocenters. The summed E-state index contributed by atoms with van der Waals surface area (Å²) < 4.78 is 57.0. The third kappa shape index (κ3) is 5.42. The molecular formula is C24H24F3NO5. The van der Waals surface area contributed by atoms with Crippen LogP contribution in [0.4, 0.5) is 13.2 Å². The fraction of sp³-hybridized carbons (Fsp3) is 0.375. The van der Waals surface area contributed by atoms with Gasteiger partial charge in [0, 0.05) is 36.8 Å².